The Kier molecular flexibility index (Phi) is 5.05. The number of amides is 1. The lowest BCUT2D eigenvalue weighted by Gasteiger charge is -2.23. The van der Waals surface area contributed by atoms with Crippen molar-refractivity contribution < 1.29 is 9.53 Å². The third-order valence-corrected chi connectivity index (χ3v) is 3.95. The van der Waals surface area contributed by atoms with Gasteiger partial charge in [-0.2, -0.15) is 0 Å². The average Bonchev–Trinajstić information content (AvgIpc) is 2.88. The standard InChI is InChI=1S/C14H18BrNO2/c15-11-12-5-4-9-16(12)14(17)8-10-18-13-6-2-1-3-7-13/h1-3,6-7,12H,4-5,8-11H2/t12-/m0/s1. The number of rotatable bonds is 5. The lowest BCUT2D eigenvalue weighted by Crippen LogP contribution is -2.37. The summed E-state index contributed by atoms with van der Waals surface area (Å²) in [6.45, 7) is 1.34. The zero-order chi connectivity index (χ0) is 12.8. The number of carbonyl (C=O) groups is 1. The van der Waals surface area contributed by atoms with E-state index in [1.54, 1.807) is 0 Å². The first kappa shape index (κ1) is 13.4. The second-order valence-corrected chi connectivity index (χ2v) is 5.10. The molecule has 1 aromatic carbocycles. The van der Waals surface area contributed by atoms with Crippen molar-refractivity contribution >= 4 is 21.8 Å². The molecule has 0 N–H and O–H groups in total. The number of para-hydroxylation sites is 1. The molecule has 1 atom stereocenters. The Morgan fingerprint density at radius 1 is 1.39 bits per heavy atom. The van der Waals surface area contributed by atoms with Crippen LogP contribution in [0, 0.1) is 0 Å². The molecule has 4 heteroatoms. The van der Waals surface area contributed by atoms with Crippen molar-refractivity contribution in [1.29, 1.82) is 0 Å². The summed E-state index contributed by atoms with van der Waals surface area (Å²) in [7, 11) is 0. The van der Waals surface area contributed by atoms with Gasteiger partial charge >= 0.3 is 0 Å². The molecule has 1 fully saturated rings. The highest BCUT2D eigenvalue weighted by atomic mass is 79.9. The van der Waals surface area contributed by atoms with E-state index in [1.165, 1.54) is 0 Å². The first-order chi connectivity index (χ1) is 8.81. The summed E-state index contributed by atoms with van der Waals surface area (Å²) in [5.74, 6) is 1.02. The molecule has 1 amide bonds. The van der Waals surface area contributed by atoms with Gasteiger partial charge in [-0.15, -0.1) is 0 Å². The van der Waals surface area contributed by atoms with E-state index < -0.39 is 0 Å². The van der Waals surface area contributed by atoms with Gasteiger partial charge in [0.15, 0.2) is 0 Å². The van der Waals surface area contributed by atoms with Gasteiger partial charge in [-0.05, 0) is 25.0 Å². The number of carbonyl (C=O) groups excluding carboxylic acids is 1. The molecule has 0 spiro atoms. The summed E-state index contributed by atoms with van der Waals surface area (Å²) in [4.78, 5) is 14.0. The largest absolute Gasteiger partial charge is 0.493 e. The summed E-state index contributed by atoms with van der Waals surface area (Å²) in [6.07, 6.45) is 2.68. The van der Waals surface area contributed by atoms with Gasteiger partial charge in [0.1, 0.15) is 5.75 Å². The maximum atomic E-state index is 12.0. The number of likely N-dealkylation sites (tertiary alicyclic amines) is 1. The third kappa shape index (κ3) is 3.48. The fourth-order valence-corrected chi connectivity index (χ4v) is 2.91. The van der Waals surface area contributed by atoms with Gasteiger partial charge in [0.05, 0.1) is 13.0 Å². The molecule has 1 aromatic rings. The predicted molar refractivity (Wildman–Crippen MR) is 75.1 cm³/mol. The van der Waals surface area contributed by atoms with E-state index in [2.05, 4.69) is 15.9 Å². The Hall–Kier alpha value is -1.03. The molecule has 3 nitrogen and oxygen atoms in total. The van der Waals surface area contributed by atoms with Crippen LogP contribution in [-0.2, 0) is 4.79 Å². The molecule has 0 radical (unpaired) electrons. The second kappa shape index (κ2) is 6.78. The molecule has 2 rings (SSSR count). The van der Waals surface area contributed by atoms with Gasteiger partial charge in [-0.25, -0.2) is 0 Å². The van der Waals surface area contributed by atoms with Crippen LogP contribution < -0.4 is 4.74 Å². The van der Waals surface area contributed by atoms with Crippen molar-refractivity contribution in [3.63, 3.8) is 0 Å². The fraction of sp³-hybridized carbons (Fsp3) is 0.500. The molecule has 1 aliphatic rings. The molecule has 0 saturated carbocycles. The fourth-order valence-electron chi connectivity index (χ4n) is 2.24. The molecule has 1 aliphatic heterocycles. The van der Waals surface area contributed by atoms with Gasteiger partial charge in [-0.1, -0.05) is 34.1 Å². The monoisotopic (exact) mass is 311 g/mol. The SMILES string of the molecule is O=C(CCOc1ccccc1)N1CCC[C@H]1CBr. The van der Waals surface area contributed by atoms with Gasteiger partial charge < -0.3 is 9.64 Å². The molecule has 18 heavy (non-hydrogen) atoms. The second-order valence-electron chi connectivity index (χ2n) is 4.45. The van der Waals surface area contributed by atoms with E-state index in [0.29, 0.717) is 19.1 Å². The van der Waals surface area contributed by atoms with Crippen LogP contribution in [0.25, 0.3) is 0 Å². The van der Waals surface area contributed by atoms with Gasteiger partial charge in [-0.3, -0.25) is 4.79 Å². The Balaban J connectivity index is 1.75. The minimum absolute atomic E-state index is 0.202. The van der Waals surface area contributed by atoms with Crippen LogP contribution in [0.1, 0.15) is 19.3 Å². The number of alkyl halides is 1. The summed E-state index contributed by atoms with van der Waals surface area (Å²) in [6, 6.07) is 9.98. The minimum atomic E-state index is 0.202. The highest BCUT2D eigenvalue weighted by molar-refractivity contribution is 9.09. The molecule has 98 valence electrons. The Bertz CT molecular complexity index is 383. The summed E-state index contributed by atoms with van der Waals surface area (Å²) < 4.78 is 5.55. The zero-order valence-electron chi connectivity index (χ0n) is 10.3. The van der Waals surface area contributed by atoms with Crippen molar-refractivity contribution in [2.24, 2.45) is 0 Å². The maximum absolute atomic E-state index is 12.0. The van der Waals surface area contributed by atoms with E-state index in [4.69, 9.17) is 4.74 Å². The van der Waals surface area contributed by atoms with Crippen LogP contribution in [0.4, 0.5) is 0 Å². The molecule has 1 saturated heterocycles. The maximum Gasteiger partial charge on any atom is 0.226 e. The average molecular weight is 312 g/mol. The molecule has 0 aliphatic carbocycles. The number of halogens is 1. The van der Waals surface area contributed by atoms with Crippen LogP contribution in [0.3, 0.4) is 0 Å². The van der Waals surface area contributed by atoms with Crippen LogP contribution in [0.5, 0.6) is 5.75 Å². The predicted octanol–water partition coefficient (Wildman–Crippen LogP) is 2.84. The number of ether oxygens (including phenoxy) is 1. The van der Waals surface area contributed by atoms with Crippen molar-refractivity contribution in [2.75, 3.05) is 18.5 Å². The van der Waals surface area contributed by atoms with Crippen LogP contribution in [-0.4, -0.2) is 35.3 Å². The van der Waals surface area contributed by atoms with Crippen molar-refractivity contribution in [3.8, 4) is 5.75 Å². The first-order valence-electron chi connectivity index (χ1n) is 6.34. The number of hydrogen-bond acceptors (Lipinski definition) is 2. The molecular weight excluding hydrogens is 294 g/mol. The topological polar surface area (TPSA) is 29.5 Å². The Labute approximate surface area is 116 Å². The molecule has 1 heterocycles. The van der Waals surface area contributed by atoms with Crippen LogP contribution in [0.2, 0.25) is 0 Å². The van der Waals surface area contributed by atoms with E-state index in [1.807, 2.05) is 35.2 Å². The van der Waals surface area contributed by atoms with Crippen molar-refractivity contribution in [2.45, 2.75) is 25.3 Å². The van der Waals surface area contributed by atoms with Crippen LogP contribution in [0.15, 0.2) is 30.3 Å². The number of benzene rings is 1. The minimum Gasteiger partial charge on any atom is -0.493 e. The number of nitrogens with zero attached hydrogens (tertiary/aromatic N) is 1. The quantitative estimate of drug-likeness (QED) is 0.783. The highest BCUT2D eigenvalue weighted by Crippen LogP contribution is 2.20. The van der Waals surface area contributed by atoms with Crippen LogP contribution >= 0.6 is 15.9 Å². The number of hydrogen-bond donors (Lipinski definition) is 0. The normalized spacial score (nSPS) is 18.9. The lowest BCUT2D eigenvalue weighted by molar-refractivity contribution is -0.132. The highest BCUT2D eigenvalue weighted by Gasteiger charge is 2.27. The lowest BCUT2D eigenvalue weighted by atomic mass is 10.2. The van der Waals surface area contributed by atoms with Crippen molar-refractivity contribution in [3.05, 3.63) is 30.3 Å². The van der Waals surface area contributed by atoms with E-state index in [9.17, 15) is 4.79 Å². The molecular formula is C14H18BrNO2. The third-order valence-electron chi connectivity index (χ3n) is 3.20. The van der Waals surface area contributed by atoms with Crippen molar-refractivity contribution in [1.82, 2.24) is 4.90 Å². The van der Waals surface area contributed by atoms with Gasteiger partial charge in [0.2, 0.25) is 5.91 Å². The van der Waals surface area contributed by atoms with E-state index in [0.717, 1.165) is 30.5 Å². The zero-order valence-corrected chi connectivity index (χ0v) is 11.9. The molecule has 0 unspecified atom stereocenters. The summed E-state index contributed by atoms with van der Waals surface area (Å²) in [5, 5.41) is 0.873. The smallest absolute Gasteiger partial charge is 0.226 e. The summed E-state index contributed by atoms with van der Waals surface area (Å²) >= 11 is 3.46. The molecule has 0 bridgehead atoms. The van der Waals surface area contributed by atoms with E-state index >= 15 is 0 Å². The van der Waals surface area contributed by atoms with Gasteiger partial charge in [0.25, 0.3) is 0 Å². The van der Waals surface area contributed by atoms with Gasteiger partial charge in [0, 0.05) is 17.9 Å². The van der Waals surface area contributed by atoms with E-state index in [-0.39, 0.29) is 5.91 Å². The Morgan fingerprint density at radius 3 is 2.89 bits per heavy atom. The molecule has 0 aromatic heterocycles. The summed E-state index contributed by atoms with van der Waals surface area (Å²) in [5.41, 5.74) is 0. The Morgan fingerprint density at radius 2 is 2.17 bits per heavy atom. The first-order valence-corrected chi connectivity index (χ1v) is 7.46.